The average molecular weight is 269 g/mol. The third-order valence-corrected chi connectivity index (χ3v) is 4.03. The van der Waals surface area contributed by atoms with Crippen LogP contribution in [0, 0.1) is 0 Å². The summed E-state index contributed by atoms with van der Waals surface area (Å²) in [6, 6.07) is 6.32. The van der Waals surface area contributed by atoms with E-state index in [2.05, 4.69) is 63.2 Å². The molecule has 0 aromatic heterocycles. The lowest BCUT2D eigenvalue weighted by molar-refractivity contribution is 0.471. The highest BCUT2D eigenvalue weighted by molar-refractivity contribution is 6.33. The van der Waals surface area contributed by atoms with Gasteiger partial charge < -0.3 is 10.2 Å². The molecular formula is C15H25ClN2. The molecule has 0 bridgehead atoms. The van der Waals surface area contributed by atoms with Gasteiger partial charge in [-0.3, -0.25) is 0 Å². The van der Waals surface area contributed by atoms with Crippen LogP contribution in [0.4, 0.5) is 5.69 Å². The smallest absolute Gasteiger partial charge is 0.0642 e. The molecule has 0 radical (unpaired) electrons. The number of halogens is 1. The van der Waals surface area contributed by atoms with Crippen LogP contribution in [0.5, 0.6) is 0 Å². The van der Waals surface area contributed by atoms with E-state index < -0.39 is 0 Å². The summed E-state index contributed by atoms with van der Waals surface area (Å²) in [6.07, 6.45) is 1.08. The molecular weight excluding hydrogens is 244 g/mol. The van der Waals surface area contributed by atoms with Crippen LogP contribution in [-0.2, 0) is 6.54 Å². The highest BCUT2D eigenvalue weighted by Gasteiger charge is 2.22. The Balaban J connectivity index is 2.91. The Labute approximate surface area is 116 Å². The van der Waals surface area contributed by atoms with Crippen molar-refractivity contribution >= 4 is 17.3 Å². The Morgan fingerprint density at radius 2 is 1.94 bits per heavy atom. The minimum Gasteiger partial charge on any atom is -0.368 e. The first-order valence-electron chi connectivity index (χ1n) is 6.65. The minimum atomic E-state index is 0.118. The highest BCUT2D eigenvalue weighted by atomic mass is 35.5. The summed E-state index contributed by atoms with van der Waals surface area (Å²) in [5.41, 5.74) is 2.45. The number of nitrogens with one attached hydrogen (secondary N) is 1. The van der Waals surface area contributed by atoms with E-state index >= 15 is 0 Å². The van der Waals surface area contributed by atoms with Crippen molar-refractivity contribution in [3.8, 4) is 0 Å². The Bertz CT molecular complexity index is 388. The van der Waals surface area contributed by atoms with Gasteiger partial charge in [0.2, 0.25) is 0 Å². The maximum Gasteiger partial charge on any atom is 0.0642 e. The second-order valence-corrected chi connectivity index (χ2v) is 5.70. The first-order valence-corrected chi connectivity index (χ1v) is 7.03. The van der Waals surface area contributed by atoms with Crippen molar-refractivity contribution in [3.05, 3.63) is 28.8 Å². The number of hydrogen-bond donors (Lipinski definition) is 1. The third kappa shape index (κ3) is 3.63. The van der Waals surface area contributed by atoms with Crippen LogP contribution in [0.3, 0.4) is 0 Å². The number of hydrogen-bond acceptors (Lipinski definition) is 2. The Morgan fingerprint density at radius 3 is 2.44 bits per heavy atom. The second-order valence-electron chi connectivity index (χ2n) is 5.29. The minimum absolute atomic E-state index is 0.118. The van der Waals surface area contributed by atoms with Crippen molar-refractivity contribution in [2.24, 2.45) is 0 Å². The van der Waals surface area contributed by atoms with Crippen LogP contribution >= 0.6 is 11.6 Å². The van der Waals surface area contributed by atoms with Gasteiger partial charge in [0.25, 0.3) is 0 Å². The second kappa shape index (κ2) is 6.44. The van der Waals surface area contributed by atoms with Gasteiger partial charge in [-0.25, -0.2) is 0 Å². The van der Waals surface area contributed by atoms with Crippen LogP contribution < -0.4 is 10.2 Å². The van der Waals surface area contributed by atoms with Gasteiger partial charge in [-0.1, -0.05) is 31.5 Å². The molecule has 0 atom stereocenters. The molecule has 0 fully saturated rings. The number of nitrogens with zero attached hydrogens (tertiary/aromatic N) is 1. The molecule has 3 heteroatoms. The normalized spacial score (nSPS) is 11.7. The molecule has 0 aliphatic heterocycles. The largest absolute Gasteiger partial charge is 0.368 e. The predicted octanol–water partition coefficient (Wildman–Crippen LogP) is 4.07. The molecule has 0 amide bonds. The average Bonchev–Trinajstić information content (AvgIpc) is 2.35. The van der Waals surface area contributed by atoms with E-state index in [1.807, 2.05) is 0 Å². The Kier molecular flexibility index (Phi) is 5.48. The van der Waals surface area contributed by atoms with Crippen LogP contribution in [0.2, 0.25) is 5.02 Å². The predicted molar refractivity (Wildman–Crippen MR) is 81.6 cm³/mol. The number of rotatable bonds is 6. The van der Waals surface area contributed by atoms with E-state index in [4.69, 9.17) is 11.6 Å². The van der Waals surface area contributed by atoms with Crippen molar-refractivity contribution in [1.29, 1.82) is 0 Å². The van der Waals surface area contributed by atoms with Crippen LogP contribution in [-0.4, -0.2) is 19.1 Å². The van der Waals surface area contributed by atoms with E-state index in [-0.39, 0.29) is 5.54 Å². The first kappa shape index (κ1) is 15.3. The summed E-state index contributed by atoms with van der Waals surface area (Å²) in [5, 5.41) is 4.14. The summed E-state index contributed by atoms with van der Waals surface area (Å²) in [5.74, 6) is 0. The maximum atomic E-state index is 6.40. The summed E-state index contributed by atoms with van der Waals surface area (Å²) in [6.45, 7) is 10.6. The van der Waals surface area contributed by atoms with Crippen LogP contribution in [0.25, 0.3) is 0 Å². The summed E-state index contributed by atoms with van der Waals surface area (Å²) >= 11 is 6.40. The molecule has 18 heavy (non-hydrogen) atoms. The van der Waals surface area contributed by atoms with Gasteiger partial charge in [-0.2, -0.15) is 0 Å². The van der Waals surface area contributed by atoms with Crippen molar-refractivity contribution < 1.29 is 0 Å². The van der Waals surface area contributed by atoms with Crippen LogP contribution in [0.15, 0.2) is 18.2 Å². The lowest BCUT2D eigenvalue weighted by Gasteiger charge is -2.37. The zero-order chi connectivity index (χ0) is 13.8. The summed E-state index contributed by atoms with van der Waals surface area (Å²) in [4.78, 5) is 2.26. The van der Waals surface area contributed by atoms with Gasteiger partial charge in [0, 0.05) is 19.1 Å². The lowest BCUT2D eigenvalue weighted by atomic mass is 9.99. The molecule has 0 saturated carbocycles. The quantitative estimate of drug-likeness (QED) is 0.837. The van der Waals surface area contributed by atoms with Gasteiger partial charge in [0.15, 0.2) is 0 Å². The van der Waals surface area contributed by atoms with E-state index in [1.54, 1.807) is 0 Å². The SMILES string of the molecule is CCNCc1ccc(N(C)C(C)(C)CC)c(Cl)c1. The van der Waals surface area contributed by atoms with Gasteiger partial charge in [0.05, 0.1) is 10.7 Å². The molecule has 1 aromatic carbocycles. The van der Waals surface area contributed by atoms with Crippen molar-refractivity contribution in [1.82, 2.24) is 5.32 Å². The van der Waals surface area contributed by atoms with E-state index in [1.165, 1.54) is 5.56 Å². The third-order valence-electron chi connectivity index (χ3n) is 3.73. The molecule has 0 saturated heterocycles. The topological polar surface area (TPSA) is 15.3 Å². The summed E-state index contributed by atoms with van der Waals surface area (Å²) in [7, 11) is 2.11. The highest BCUT2D eigenvalue weighted by Crippen LogP contribution is 2.31. The molecule has 2 nitrogen and oxygen atoms in total. The van der Waals surface area contributed by atoms with E-state index in [9.17, 15) is 0 Å². The molecule has 0 unspecified atom stereocenters. The van der Waals surface area contributed by atoms with Gasteiger partial charge in [-0.05, 0) is 44.5 Å². The fourth-order valence-electron chi connectivity index (χ4n) is 1.76. The zero-order valence-electron chi connectivity index (χ0n) is 12.2. The first-order chi connectivity index (χ1) is 8.42. The molecule has 0 heterocycles. The van der Waals surface area contributed by atoms with Crippen molar-refractivity contribution in [2.45, 2.75) is 46.2 Å². The number of anilines is 1. The number of benzene rings is 1. The zero-order valence-corrected chi connectivity index (χ0v) is 12.9. The molecule has 102 valence electrons. The Morgan fingerprint density at radius 1 is 1.28 bits per heavy atom. The molecule has 0 aliphatic rings. The summed E-state index contributed by atoms with van der Waals surface area (Å²) < 4.78 is 0. The fourth-order valence-corrected chi connectivity index (χ4v) is 2.09. The lowest BCUT2D eigenvalue weighted by Crippen LogP contribution is -2.40. The standard InChI is InChI=1S/C15H25ClN2/c1-6-15(3,4)18(5)14-9-8-12(10-13(14)16)11-17-7-2/h8-10,17H,6-7,11H2,1-5H3. The molecule has 0 aliphatic carbocycles. The maximum absolute atomic E-state index is 6.40. The van der Waals surface area contributed by atoms with E-state index in [0.717, 1.165) is 30.2 Å². The van der Waals surface area contributed by atoms with Gasteiger partial charge in [-0.15, -0.1) is 0 Å². The fraction of sp³-hybridized carbons (Fsp3) is 0.600. The monoisotopic (exact) mass is 268 g/mol. The van der Waals surface area contributed by atoms with E-state index in [0.29, 0.717) is 0 Å². The molecule has 1 aromatic rings. The van der Waals surface area contributed by atoms with Gasteiger partial charge >= 0.3 is 0 Å². The molecule has 1 rings (SSSR count). The van der Waals surface area contributed by atoms with Crippen molar-refractivity contribution in [2.75, 3.05) is 18.5 Å². The van der Waals surface area contributed by atoms with Crippen molar-refractivity contribution in [3.63, 3.8) is 0 Å². The molecule has 0 spiro atoms. The van der Waals surface area contributed by atoms with Gasteiger partial charge in [0.1, 0.15) is 0 Å². The molecule has 1 N–H and O–H groups in total. The Hall–Kier alpha value is -0.730. The van der Waals surface area contributed by atoms with Crippen LogP contribution in [0.1, 0.15) is 39.7 Å².